The largest absolute Gasteiger partial charge is 0.328 e. The minimum Gasteiger partial charge on any atom is -0.328 e. The smallest absolute Gasteiger partial charge is 0.0242 e. The van der Waals surface area contributed by atoms with Crippen molar-refractivity contribution < 1.29 is 0 Å². The Morgan fingerprint density at radius 2 is 1.36 bits per heavy atom. The van der Waals surface area contributed by atoms with Crippen molar-refractivity contribution in [3.05, 3.63) is 71.8 Å². The first-order valence-electron chi connectivity index (χ1n) is 9.85. The molecule has 2 aliphatic rings. The Morgan fingerprint density at radius 3 is 2.00 bits per heavy atom. The van der Waals surface area contributed by atoms with E-state index in [9.17, 15) is 0 Å². The van der Waals surface area contributed by atoms with E-state index in [-0.39, 0.29) is 0 Å². The lowest BCUT2D eigenvalue weighted by Crippen LogP contribution is -2.51. The van der Waals surface area contributed by atoms with Gasteiger partial charge in [0.25, 0.3) is 0 Å². The van der Waals surface area contributed by atoms with Crippen LogP contribution in [-0.2, 0) is 13.0 Å². The molecule has 0 amide bonds. The number of hydrogen-bond donors (Lipinski definition) is 1. The molecule has 1 saturated carbocycles. The second kappa shape index (κ2) is 7.31. The summed E-state index contributed by atoms with van der Waals surface area (Å²) in [6.07, 6.45) is 8.73. The third kappa shape index (κ3) is 3.65. The van der Waals surface area contributed by atoms with Gasteiger partial charge < -0.3 is 5.73 Å². The van der Waals surface area contributed by atoms with Crippen LogP contribution in [0.5, 0.6) is 0 Å². The van der Waals surface area contributed by atoms with E-state index in [1.165, 1.54) is 56.1 Å². The highest BCUT2D eigenvalue weighted by Crippen LogP contribution is 2.45. The minimum atomic E-state index is 0.380. The van der Waals surface area contributed by atoms with Gasteiger partial charge >= 0.3 is 0 Å². The second-order valence-corrected chi connectivity index (χ2v) is 8.06. The van der Waals surface area contributed by atoms with Crippen LogP contribution >= 0.6 is 0 Å². The van der Waals surface area contributed by atoms with Gasteiger partial charge in [-0.2, -0.15) is 0 Å². The molecule has 2 aromatic carbocycles. The normalized spacial score (nSPS) is 30.0. The second-order valence-electron chi connectivity index (χ2n) is 8.06. The summed E-state index contributed by atoms with van der Waals surface area (Å²) in [5.74, 6) is 0. The average molecular weight is 335 g/mol. The standard InChI is InChI=1S/C23H30N2/c24-21-11-14-23(15-12-21)16-13-22(17-19-7-3-1-4-8-19)25(23)18-20-9-5-2-6-10-20/h1-10,21-22H,11-18,24H2. The van der Waals surface area contributed by atoms with E-state index in [1.54, 1.807) is 0 Å². The molecule has 2 fully saturated rings. The van der Waals surface area contributed by atoms with Crippen LogP contribution in [0.15, 0.2) is 60.7 Å². The summed E-state index contributed by atoms with van der Waals surface area (Å²) in [6.45, 7) is 1.08. The van der Waals surface area contributed by atoms with Gasteiger partial charge in [0.1, 0.15) is 0 Å². The van der Waals surface area contributed by atoms with Crippen LogP contribution in [0.4, 0.5) is 0 Å². The van der Waals surface area contributed by atoms with Gasteiger partial charge in [0.15, 0.2) is 0 Å². The van der Waals surface area contributed by atoms with Gasteiger partial charge in [-0.3, -0.25) is 4.90 Å². The SMILES string of the molecule is NC1CCC2(CC1)CCC(Cc1ccccc1)N2Cc1ccccc1. The van der Waals surface area contributed by atoms with Crippen molar-refractivity contribution in [2.45, 2.75) is 69.1 Å². The highest BCUT2D eigenvalue weighted by atomic mass is 15.3. The maximum Gasteiger partial charge on any atom is 0.0242 e. The molecule has 1 aliphatic carbocycles. The summed E-state index contributed by atoms with van der Waals surface area (Å²) in [4.78, 5) is 2.85. The summed E-state index contributed by atoms with van der Waals surface area (Å²) in [6, 6.07) is 23.1. The van der Waals surface area contributed by atoms with Crippen molar-refractivity contribution in [1.82, 2.24) is 4.90 Å². The molecule has 2 heteroatoms. The molecule has 1 heterocycles. The van der Waals surface area contributed by atoms with Gasteiger partial charge in [0, 0.05) is 24.2 Å². The van der Waals surface area contributed by atoms with Gasteiger partial charge in [-0.15, -0.1) is 0 Å². The lowest BCUT2D eigenvalue weighted by atomic mass is 9.78. The fraction of sp³-hybridized carbons (Fsp3) is 0.478. The van der Waals surface area contributed by atoms with Gasteiger partial charge in [0.2, 0.25) is 0 Å². The summed E-state index contributed by atoms with van der Waals surface area (Å²) in [7, 11) is 0. The van der Waals surface area contributed by atoms with Crippen molar-refractivity contribution in [2.75, 3.05) is 0 Å². The van der Waals surface area contributed by atoms with Crippen molar-refractivity contribution in [3.8, 4) is 0 Å². The van der Waals surface area contributed by atoms with Crippen LogP contribution in [-0.4, -0.2) is 22.5 Å². The number of nitrogens with zero attached hydrogens (tertiary/aromatic N) is 1. The third-order valence-electron chi connectivity index (χ3n) is 6.46. The molecule has 2 N–H and O–H groups in total. The molecule has 0 aromatic heterocycles. The van der Waals surface area contributed by atoms with Crippen molar-refractivity contribution in [3.63, 3.8) is 0 Å². The molecule has 1 unspecified atom stereocenters. The van der Waals surface area contributed by atoms with Gasteiger partial charge in [0.05, 0.1) is 0 Å². The van der Waals surface area contributed by atoms with Crippen LogP contribution < -0.4 is 5.73 Å². The van der Waals surface area contributed by atoms with Gasteiger partial charge in [-0.25, -0.2) is 0 Å². The first-order chi connectivity index (χ1) is 12.3. The van der Waals surface area contributed by atoms with E-state index in [0.29, 0.717) is 17.6 Å². The topological polar surface area (TPSA) is 29.3 Å². The maximum atomic E-state index is 6.22. The van der Waals surface area contributed by atoms with Crippen molar-refractivity contribution in [1.29, 1.82) is 0 Å². The molecule has 1 aliphatic heterocycles. The summed E-state index contributed by atoms with van der Waals surface area (Å²) in [5.41, 5.74) is 9.51. The molecule has 25 heavy (non-hydrogen) atoms. The number of rotatable bonds is 4. The Morgan fingerprint density at radius 1 is 0.800 bits per heavy atom. The number of hydrogen-bond acceptors (Lipinski definition) is 2. The Bertz CT molecular complexity index is 659. The fourth-order valence-electron chi connectivity index (χ4n) is 5.01. The molecule has 1 spiro atoms. The molecular formula is C23H30N2. The zero-order chi connectivity index (χ0) is 17.1. The molecule has 0 bridgehead atoms. The maximum absolute atomic E-state index is 6.22. The van der Waals surface area contributed by atoms with E-state index >= 15 is 0 Å². The highest BCUT2D eigenvalue weighted by molar-refractivity contribution is 5.20. The highest BCUT2D eigenvalue weighted by Gasteiger charge is 2.47. The first-order valence-corrected chi connectivity index (χ1v) is 9.85. The average Bonchev–Trinajstić information content (AvgIpc) is 2.97. The van der Waals surface area contributed by atoms with E-state index in [1.807, 2.05) is 0 Å². The van der Waals surface area contributed by atoms with E-state index < -0.39 is 0 Å². The number of likely N-dealkylation sites (tertiary alicyclic amines) is 1. The predicted octanol–water partition coefficient (Wildman–Crippen LogP) is 4.53. The monoisotopic (exact) mass is 334 g/mol. The fourth-order valence-corrected chi connectivity index (χ4v) is 5.01. The predicted molar refractivity (Wildman–Crippen MR) is 104 cm³/mol. The first kappa shape index (κ1) is 16.8. The molecule has 2 aromatic rings. The van der Waals surface area contributed by atoms with Crippen molar-refractivity contribution in [2.24, 2.45) is 5.73 Å². The van der Waals surface area contributed by atoms with Crippen LogP contribution in [0.1, 0.15) is 49.7 Å². The molecule has 132 valence electrons. The molecule has 1 atom stereocenters. The molecule has 4 rings (SSSR count). The zero-order valence-electron chi connectivity index (χ0n) is 15.1. The molecule has 1 saturated heterocycles. The van der Waals surface area contributed by atoms with Gasteiger partial charge in [-0.05, 0) is 56.1 Å². The van der Waals surface area contributed by atoms with E-state index in [2.05, 4.69) is 65.6 Å². The summed E-state index contributed by atoms with van der Waals surface area (Å²) >= 11 is 0. The van der Waals surface area contributed by atoms with Crippen molar-refractivity contribution >= 4 is 0 Å². The van der Waals surface area contributed by atoms with Crippen LogP contribution in [0.25, 0.3) is 0 Å². The van der Waals surface area contributed by atoms with E-state index in [0.717, 1.165) is 6.54 Å². The third-order valence-corrected chi connectivity index (χ3v) is 6.46. The van der Waals surface area contributed by atoms with Gasteiger partial charge in [-0.1, -0.05) is 60.7 Å². The molecule has 2 nitrogen and oxygen atoms in total. The van der Waals surface area contributed by atoms with E-state index in [4.69, 9.17) is 5.73 Å². The quantitative estimate of drug-likeness (QED) is 0.890. The van der Waals surface area contributed by atoms with Crippen LogP contribution in [0.3, 0.4) is 0 Å². The Labute approximate surface area is 152 Å². The lowest BCUT2D eigenvalue weighted by molar-refractivity contribution is 0.0507. The summed E-state index contributed by atoms with van der Waals surface area (Å²) in [5, 5.41) is 0. The minimum absolute atomic E-state index is 0.380. The van der Waals surface area contributed by atoms with Crippen LogP contribution in [0, 0.1) is 0 Å². The number of nitrogens with two attached hydrogens (primary N) is 1. The summed E-state index contributed by atoms with van der Waals surface area (Å²) < 4.78 is 0. The van der Waals surface area contributed by atoms with Crippen LogP contribution in [0.2, 0.25) is 0 Å². The molecular weight excluding hydrogens is 304 g/mol. The Balaban J connectivity index is 1.57. The molecule has 0 radical (unpaired) electrons. The lowest BCUT2D eigenvalue weighted by Gasteiger charge is -2.45. The Hall–Kier alpha value is -1.64. The Kier molecular flexibility index (Phi) is 4.91. The zero-order valence-corrected chi connectivity index (χ0v) is 15.1. The number of benzene rings is 2.